The molecule has 26 heavy (non-hydrogen) atoms. The van der Waals surface area contributed by atoms with Gasteiger partial charge in [0.05, 0.1) is 23.0 Å². The van der Waals surface area contributed by atoms with Crippen molar-refractivity contribution in [2.75, 3.05) is 26.3 Å². The van der Waals surface area contributed by atoms with Gasteiger partial charge >= 0.3 is 0 Å². The van der Waals surface area contributed by atoms with E-state index in [9.17, 15) is 23.3 Å². The molecule has 1 fully saturated rings. The maximum Gasteiger partial charge on any atom is 0.270 e. The Balaban J connectivity index is 2.24. The number of nitrogens with zero attached hydrogens (tertiary/aromatic N) is 2. The number of carbonyl (C=O) groups excluding carboxylic acids is 1. The normalized spacial score (nSPS) is 16.5. The summed E-state index contributed by atoms with van der Waals surface area (Å²) in [4.78, 5) is 24.3. The molecule has 0 unspecified atom stereocenters. The molecule has 1 atom stereocenters. The number of benzene rings is 1. The van der Waals surface area contributed by atoms with Crippen molar-refractivity contribution in [3.8, 4) is 0 Å². The van der Waals surface area contributed by atoms with E-state index in [4.69, 9.17) is 4.74 Å². The fourth-order valence-electron chi connectivity index (χ4n) is 2.69. The molecule has 10 heteroatoms. The van der Waals surface area contributed by atoms with Crippen LogP contribution in [-0.2, 0) is 19.6 Å². The van der Waals surface area contributed by atoms with Gasteiger partial charge in [0.1, 0.15) is 6.04 Å². The molecule has 0 bridgehead atoms. The summed E-state index contributed by atoms with van der Waals surface area (Å²) in [7, 11) is -4.08. The van der Waals surface area contributed by atoms with Crippen LogP contribution in [0.1, 0.15) is 20.3 Å². The summed E-state index contributed by atoms with van der Waals surface area (Å²) in [5.74, 6) is -0.228. The smallest absolute Gasteiger partial charge is 0.270 e. The molecule has 0 radical (unpaired) electrons. The molecule has 1 N–H and O–H groups in total. The third kappa shape index (κ3) is 5.23. The summed E-state index contributed by atoms with van der Waals surface area (Å²) < 4.78 is 33.0. The molecule has 2 rings (SSSR count). The summed E-state index contributed by atoms with van der Waals surface area (Å²) in [6.07, 6.45) is 0.324. The van der Waals surface area contributed by atoms with E-state index < -0.39 is 21.0 Å². The molecule has 0 aromatic heterocycles. The number of ether oxygens (including phenoxy) is 1. The Hall–Kier alpha value is -2.04. The van der Waals surface area contributed by atoms with Gasteiger partial charge in [-0.3, -0.25) is 14.9 Å². The summed E-state index contributed by atoms with van der Waals surface area (Å²) in [6.45, 7) is 5.43. The van der Waals surface area contributed by atoms with Crippen LogP contribution in [-0.4, -0.2) is 56.5 Å². The van der Waals surface area contributed by atoms with Gasteiger partial charge in [-0.25, -0.2) is 8.42 Å². The van der Waals surface area contributed by atoms with E-state index >= 15 is 0 Å². The average molecular weight is 385 g/mol. The van der Waals surface area contributed by atoms with Gasteiger partial charge in [0, 0.05) is 25.2 Å². The minimum absolute atomic E-state index is 0.0813. The maximum absolute atomic E-state index is 12.8. The molecule has 1 aromatic carbocycles. The highest BCUT2D eigenvalue weighted by Crippen LogP contribution is 2.19. The molecular weight excluding hydrogens is 362 g/mol. The summed E-state index contributed by atoms with van der Waals surface area (Å²) >= 11 is 0. The first-order valence-corrected chi connectivity index (χ1v) is 9.82. The van der Waals surface area contributed by atoms with E-state index in [1.54, 1.807) is 4.90 Å². The van der Waals surface area contributed by atoms with Gasteiger partial charge in [-0.15, -0.1) is 0 Å². The number of nitro benzene ring substituents is 1. The molecular formula is C16H23N3O6S. The molecule has 1 heterocycles. The van der Waals surface area contributed by atoms with Crippen molar-refractivity contribution in [3.05, 3.63) is 34.4 Å². The first-order chi connectivity index (χ1) is 12.2. The Morgan fingerprint density at radius 3 is 2.58 bits per heavy atom. The number of hydrogen-bond donors (Lipinski definition) is 1. The quantitative estimate of drug-likeness (QED) is 0.555. The molecule has 1 saturated heterocycles. The second-order valence-electron chi connectivity index (χ2n) is 6.50. The van der Waals surface area contributed by atoms with Crippen LogP contribution in [0.5, 0.6) is 0 Å². The number of non-ortho nitro benzene ring substituents is 1. The zero-order chi connectivity index (χ0) is 19.3. The predicted octanol–water partition coefficient (Wildman–Crippen LogP) is 1.15. The summed E-state index contributed by atoms with van der Waals surface area (Å²) in [6, 6.07) is 3.82. The second kappa shape index (κ2) is 8.56. The van der Waals surface area contributed by atoms with E-state index in [0.717, 1.165) is 6.07 Å². The lowest BCUT2D eigenvalue weighted by molar-refractivity contribution is -0.385. The third-order valence-corrected chi connectivity index (χ3v) is 5.43. The van der Waals surface area contributed by atoms with Crippen LogP contribution in [0.3, 0.4) is 0 Å². The largest absolute Gasteiger partial charge is 0.378 e. The summed E-state index contributed by atoms with van der Waals surface area (Å²) in [5, 5.41) is 10.9. The molecule has 1 aliphatic rings. The maximum atomic E-state index is 12.8. The van der Waals surface area contributed by atoms with Crippen molar-refractivity contribution >= 4 is 21.6 Å². The zero-order valence-corrected chi connectivity index (χ0v) is 15.6. The lowest BCUT2D eigenvalue weighted by Crippen LogP contribution is -2.52. The second-order valence-corrected chi connectivity index (χ2v) is 8.21. The van der Waals surface area contributed by atoms with Crippen LogP contribution in [0, 0.1) is 16.0 Å². The highest BCUT2D eigenvalue weighted by Gasteiger charge is 2.31. The van der Waals surface area contributed by atoms with Gasteiger partial charge in [0.25, 0.3) is 5.69 Å². The fourth-order valence-corrected chi connectivity index (χ4v) is 3.94. The molecule has 0 spiro atoms. The Morgan fingerprint density at radius 1 is 1.35 bits per heavy atom. The standard InChI is InChI=1S/C16H23N3O6S/c1-12(2)10-15(16(20)18-6-8-25-9-7-18)17-26(23,24)14-5-3-4-13(11-14)19(21)22/h3-5,11-12,15,17H,6-10H2,1-2H3/t15-/m0/s1. The van der Waals surface area contributed by atoms with Crippen molar-refractivity contribution in [2.24, 2.45) is 5.92 Å². The van der Waals surface area contributed by atoms with Crippen molar-refractivity contribution in [1.82, 2.24) is 9.62 Å². The third-order valence-electron chi connectivity index (χ3n) is 3.96. The lowest BCUT2D eigenvalue weighted by Gasteiger charge is -2.31. The first kappa shape index (κ1) is 20.3. The summed E-state index contributed by atoms with van der Waals surface area (Å²) in [5.41, 5.74) is -0.326. The molecule has 9 nitrogen and oxygen atoms in total. The molecule has 0 aliphatic carbocycles. The molecule has 144 valence electrons. The van der Waals surface area contributed by atoms with Gasteiger partial charge in [0.15, 0.2) is 0 Å². The average Bonchev–Trinajstić information content (AvgIpc) is 2.60. The van der Waals surface area contributed by atoms with Crippen molar-refractivity contribution in [2.45, 2.75) is 31.2 Å². The number of morpholine rings is 1. The van der Waals surface area contributed by atoms with Gasteiger partial charge in [-0.05, 0) is 18.4 Å². The first-order valence-electron chi connectivity index (χ1n) is 8.34. The van der Waals surface area contributed by atoms with E-state index in [0.29, 0.717) is 32.7 Å². The van der Waals surface area contributed by atoms with E-state index in [1.165, 1.54) is 18.2 Å². The van der Waals surface area contributed by atoms with Crippen LogP contribution >= 0.6 is 0 Å². The Labute approximate surface area is 152 Å². The number of sulfonamides is 1. The minimum atomic E-state index is -4.08. The SMILES string of the molecule is CC(C)C[C@H](NS(=O)(=O)c1cccc([N+](=O)[O-])c1)C(=O)N1CCOCC1. The number of carbonyl (C=O) groups is 1. The monoisotopic (exact) mass is 385 g/mol. The predicted molar refractivity (Wildman–Crippen MR) is 94.1 cm³/mol. The molecule has 1 aliphatic heterocycles. The van der Waals surface area contributed by atoms with E-state index in [2.05, 4.69) is 4.72 Å². The number of nitro groups is 1. The van der Waals surface area contributed by atoms with Crippen LogP contribution in [0.2, 0.25) is 0 Å². The number of rotatable bonds is 7. The Kier molecular flexibility index (Phi) is 6.68. The molecule has 1 amide bonds. The lowest BCUT2D eigenvalue weighted by atomic mass is 10.0. The van der Waals surface area contributed by atoms with Gasteiger partial charge in [-0.1, -0.05) is 19.9 Å². The minimum Gasteiger partial charge on any atom is -0.378 e. The highest BCUT2D eigenvalue weighted by molar-refractivity contribution is 7.89. The van der Waals surface area contributed by atoms with Crippen LogP contribution in [0.4, 0.5) is 5.69 Å². The zero-order valence-electron chi connectivity index (χ0n) is 14.8. The van der Waals surface area contributed by atoms with Gasteiger partial charge < -0.3 is 9.64 Å². The topological polar surface area (TPSA) is 119 Å². The number of hydrogen-bond acceptors (Lipinski definition) is 6. The van der Waals surface area contributed by atoms with E-state index in [-0.39, 0.29) is 22.4 Å². The van der Waals surface area contributed by atoms with Crippen LogP contribution in [0.25, 0.3) is 0 Å². The van der Waals surface area contributed by atoms with Crippen molar-refractivity contribution < 1.29 is 22.9 Å². The Bertz CT molecular complexity index is 759. The highest BCUT2D eigenvalue weighted by atomic mass is 32.2. The van der Waals surface area contributed by atoms with Gasteiger partial charge in [-0.2, -0.15) is 4.72 Å². The number of nitrogens with one attached hydrogen (secondary N) is 1. The molecule has 1 aromatic rings. The fraction of sp³-hybridized carbons (Fsp3) is 0.562. The van der Waals surface area contributed by atoms with Crippen LogP contribution < -0.4 is 4.72 Å². The Morgan fingerprint density at radius 2 is 2.00 bits per heavy atom. The van der Waals surface area contributed by atoms with Crippen molar-refractivity contribution in [1.29, 1.82) is 0 Å². The van der Waals surface area contributed by atoms with Crippen LogP contribution in [0.15, 0.2) is 29.2 Å². The van der Waals surface area contributed by atoms with E-state index in [1.807, 2.05) is 13.8 Å². The van der Waals surface area contributed by atoms with Crippen molar-refractivity contribution in [3.63, 3.8) is 0 Å². The van der Waals surface area contributed by atoms with Gasteiger partial charge in [0.2, 0.25) is 15.9 Å². The molecule has 0 saturated carbocycles. The number of amides is 1.